The van der Waals surface area contributed by atoms with Gasteiger partial charge in [0.05, 0.1) is 16.8 Å². The van der Waals surface area contributed by atoms with Crippen LogP contribution in [0.3, 0.4) is 0 Å². The molecule has 0 aliphatic heterocycles. The Bertz CT molecular complexity index is 1560. The van der Waals surface area contributed by atoms with Crippen LogP contribution < -0.4 is 0 Å². The van der Waals surface area contributed by atoms with Crippen molar-refractivity contribution < 1.29 is 0 Å². The van der Waals surface area contributed by atoms with Crippen molar-refractivity contribution >= 4 is 38.9 Å². The fourth-order valence-electron chi connectivity index (χ4n) is 3.81. The minimum atomic E-state index is 0.374. The third-order valence-electron chi connectivity index (χ3n) is 5.23. The highest BCUT2D eigenvalue weighted by molar-refractivity contribution is 6.32. The Morgan fingerprint density at radius 1 is 0.733 bits per heavy atom. The second-order valence-corrected chi connectivity index (χ2v) is 7.40. The molecule has 0 spiro atoms. The lowest BCUT2D eigenvalue weighted by Crippen LogP contribution is -2.00. The van der Waals surface area contributed by atoms with Gasteiger partial charge in [-0.2, -0.15) is 9.61 Å². The molecule has 0 N–H and O–H groups in total. The maximum atomic E-state index is 6.55. The van der Waals surface area contributed by atoms with Crippen LogP contribution in [-0.2, 0) is 0 Å². The monoisotopic (exact) mass is 407 g/mol. The van der Waals surface area contributed by atoms with Gasteiger partial charge in [-0.25, -0.2) is 4.98 Å². The first kappa shape index (κ1) is 17.1. The number of benzene rings is 3. The van der Waals surface area contributed by atoms with Gasteiger partial charge in [-0.3, -0.25) is 0 Å². The van der Waals surface area contributed by atoms with E-state index in [-0.39, 0.29) is 0 Å². The van der Waals surface area contributed by atoms with Crippen LogP contribution in [0.1, 0.15) is 0 Å². The number of aromatic nitrogens is 5. The summed E-state index contributed by atoms with van der Waals surface area (Å²) in [7, 11) is 0. The van der Waals surface area contributed by atoms with Gasteiger partial charge in [-0.1, -0.05) is 84.4 Å². The quantitative estimate of drug-likeness (QED) is 0.340. The summed E-state index contributed by atoms with van der Waals surface area (Å²) < 4.78 is 1.77. The van der Waals surface area contributed by atoms with E-state index in [9.17, 15) is 0 Å². The second kappa shape index (κ2) is 6.61. The fourth-order valence-corrected chi connectivity index (χ4v) is 4.04. The van der Waals surface area contributed by atoms with Gasteiger partial charge in [0.15, 0.2) is 11.5 Å². The molecule has 0 radical (unpaired) electrons. The Morgan fingerprint density at radius 2 is 1.47 bits per heavy atom. The molecule has 6 rings (SSSR count). The van der Waals surface area contributed by atoms with Gasteiger partial charge in [0.2, 0.25) is 0 Å². The van der Waals surface area contributed by atoms with E-state index < -0.39 is 0 Å². The van der Waals surface area contributed by atoms with E-state index in [1.54, 1.807) is 4.52 Å². The molecule has 0 bridgehead atoms. The van der Waals surface area contributed by atoms with Gasteiger partial charge in [0.1, 0.15) is 5.15 Å². The SMILES string of the molecule is Clc1nc2ccccc2cc1-c1nnc2c3ccccc3c(-c3ccccc3)nn12. The predicted molar refractivity (Wildman–Crippen MR) is 119 cm³/mol. The molecule has 0 fully saturated rings. The van der Waals surface area contributed by atoms with Crippen LogP contribution in [0, 0.1) is 0 Å². The molecule has 6 aromatic rings. The van der Waals surface area contributed by atoms with Crippen molar-refractivity contribution in [3.8, 4) is 22.6 Å². The van der Waals surface area contributed by atoms with Gasteiger partial charge < -0.3 is 0 Å². The van der Waals surface area contributed by atoms with E-state index in [4.69, 9.17) is 16.7 Å². The van der Waals surface area contributed by atoms with Gasteiger partial charge >= 0.3 is 0 Å². The Hall–Kier alpha value is -3.83. The molecule has 3 aromatic carbocycles. The van der Waals surface area contributed by atoms with E-state index in [2.05, 4.69) is 33.4 Å². The molecular weight excluding hydrogens is 394 g/mol. The van der Waals surface area contributed by atoms with Crippen molar-refractivity contribution in [2.24, 2.45) is 0 Å². The topological polar surface area (TPSA) is 56.0 Å². The molecule has 0 unspecified atom stereocenters. The molecule has 0 saturated heterocycles. The summed E-state index contributed by atoms with van der Waals surface area (Å²) in [5.74, 6) is 0.566. The highest BCUT2D eigenvalue weighted by Crippen LogP contribution is 2.33. The standard InChI is InChI=1S/C24H14ClN5/c25-22-19(14-16-10-4-7-13-20(16)26-22)24-28-27-23-18-12-6-5-11-17(18)21(29-30(23)24)15-8-2-1-3-9-15/h1-14H. The Labute approximate surface area is 176 Å². The summed E-state index contributed by atoms with van der Waals surface area (Å²) in [6.07, 6.45) is 0. The van der Waals surface area contributed by atoms with Crippen LogP contribution in [0.5, 0.6) is 0 Å². The van der Waals surface area contributed by atoms with E-state index in [0.717, 1.165) is 32.9 Å². The summed E-state index contributed by atoms with van der Waals surface area (Å²) in [4.78, 5) is 4.54. The molecule has 142 valence electrons. The Morgan fingerprint density at radius 3 is 2.33 bits per heavy atom. The number of para-hydroxylation sites is 1. The molecule has 0 aliphatic carbocycles. The molecule has 30 heavy (non-hydrogen) atoms. The number of hydrogen-bond acceptors (Lipinski definition) is 4. The number of nitrogens with zero attached hydrogens (tertiary/aromatic N) is 5. The summed E-state index contributed by atoms with van der Waals surface area (Å²) >= 11 is 6.55. The normalized spacial score (nSPS) is 11.5. The van der Waals surface area contributed by atoms with Gasteiger partial charge in [-0.05, 0) is 12.1 Å². The maximum absolute atomic E-state index is 6.55. The van der Waals surface area contributed by atoms with E-state index in [1.165, 1.54) is 0 Å². The van der Waals surface area contributed by atoms with Crippen LogP contribution in [0.4, 0.5) is 0 Å². The third kappa shape index (κ3) is 2.56. The molecule has 0 atom stereocenters. The van der Waals surface area contributed by atoms with Crippen molar-refractivity contribution in [2.45, 2.75) is 0 Å². The Kier molecular flexibility index (Phi) is 3.76. The number of pyridine rings is 1. The summed E-state index contributed by atoms with van der Waals surface area (Å²) in [6.45, 7) is 0. The molecule has 0 aliphatic rings. The number of fused-ring (bicyclic) bond motifs is 4. The van der Waals surface area contributed by atoms with Crippen molar-refractivity contribution in [3.05, 3.63) is 90.1 Å². The predicted octanol–water partition coefficient (Wildman–Crippen LogP) is 5.81. The smallest absolute Gasteiger partial charge is 0.188 e. The summed E-state index contributed by atoms with van der Waals surface area (Å²) in [6, 6.07) is 28.1. The summed E-state index contributed by atoms with van der Waals surface area (Å²) in [5.41, 5.74) is 4.11. The lowest BCUT2D eigenvalue weighted by molar-refractivity contribution is 0.951. The lowest BCUT2D eigenvalue weighted by Gasteiger charge is -2.09. The molecule has 5 nitrogen and oxygen atoms in total. The maximum Gasteiger partial charge on any atom is 0.188 e. The third-order valence-corrected chi connectivity index (χ3v) is 5.52. The van der Waals surface area contributed by atoms with Crippen LogP contribution >= 0.6 is 11.6 Å². The van der Waals surface area contributed by atoms with Crippen LogP contribution in [-0.4, -0.2) is 24.8 Å². The zero-order valence-electron chi connectivity index (χ0n) is 15.7. The average molecular weight is 408 g/mol. The molecular formula is C24H14ClN5. The van der Waals surface area contributed by atoms with Gasteiger partial charge in [0, 0.05) is 21.7 Å². The zero-order valence-corrected chi connectivity index (χ0v) is 16.5. The van der Waals surface area contributed by atoms with Crippen molar-refractivity contribution in [3.63, 3.8) is 0 Å². The minimum Gasteiger partial charge on any atom is -0.235 e. The van der Waals surface area contributed by atoms with Crippen molar-refractivity contribution in [2.75, 3.05) is 0 Å². The van der Waals surface area contributed by atoms with Crippen molar-refractivity contribution in [1.29, 1.82) is 0 Å². The first-order valence-corrected chi connectivity index (χ1v) is 9.92. The van der Waals surface area contributed by atoms with Crippen LogP contribution in [0.25, 0.3) is 50.0 Å². The van der Waals surface area contributed by atoms with E-state index in [1.807, 2.05) is 66.7 Å². The molecule has 0 saturated carbocycles. The largest absolute Gasteiger partial charge is 0.235 e. The molecule has 0 amide bonds. The highest BCUT2D eigenvalue weighted by atomic mass is 35.5. The van der Waals surface area contributed by atoms with Gasteiger partial charge in [-0.15, -0.1) is 10.2 Å². The number of rotatable bonds is 2. The number of halogens is 1. The number of hydrogen-bond donors (Lipinski definition) is 0. The molecule has 6 heteroatoms. The Balaban J connectivity index is 1.70. The fraction of sp³-hybridized carbons (Fsp3) is 0. The zero-order chi connectivity index (χ0) is 20.1. The van der Waals surface area contributed by atoms with Crippen LogP contribution in [0.15, 0.2) is 84.9 Å². The molecule has 3 heterocycles. The van der Waals surface area contributed by atoms with Gasteiger partial charge in [0.25, 0.3) is 0 Å². The van der Waals surface area contributed by atoms with E-state index in [0.29, 0.717) is 22.2 Å². The van der Waals surface area contributed by atoms with E-state index >= 15 is 0 Å². The lowest BCUT2D eigenvalue weighted by atomic mass is 10.1. The van der Waals surface area contributed by atoms with Crippen molar-refractivity contribution in [1.82, 2.24) is 24.8 Å². The van der Waals surface area contributed by atoms with Crippen LogP contribution in [0.2, 0.25) is 5.15 Å². The first-order chi connectivity index (χ1) is 14.8. The first-order valence-electron chi connectivity index (χ1n) is 9.55. The minimum absolute atomic E-state index is 0.374. The highest BCUT2D eigenvalue weighted by Gasteiger charge is 2.19. The molecule has 3 aromatic heterocycles. The summed E-state index contributed by atoms with van der Waals surface area (Å²) in [5, 5.41) is 17.2. The second-order valence-electron chi connectivity index (χ2n) is 7.04. The average Bonchev–Trinajstić information content (AvgIpc) is 3.22.